The molecule has 2 rings (SSSR count). The van der Waals surface area contributed by atoms with E-state index in [9.17, 15) is 0 Å². The summed E-state index contributed by atoms with van der Waals surface area (Å²) in [7, 11) is 1.59. The number of hydrazine groups is 1. The van der Waals surface area contributed by atoms with Crippen molar-refractivity contribution >= 4 is 11.5 Å². The summed E-state index contributed by atoms with van der Waals surface area (Å²) in [4.78, 5) is 4.34. The molecule has 18 heavy (non-hydrogen) atoms. The Morgan fingerprint density at radius 2 is 2.22 bits per heavy atom. The topological polar surface area (TPSA) is 85.7 Å². The number of benzene rings is 1. The fourth-order valence-corrected chi connectivity index (χ4v) is 1.43. The molecule has 1 aromatic heterocycles. The number of amidine groups is 1. The number of rotatable bonds is 4. The standard InChI is InChI=1S/C12H14N4O2/c1-17-8-10-7-11(16-18-10)12(15-13)14-9-5-3-2-4-6-9/h2-7H,8,13H2,1H3,(H,14,15). The van der Waals surface area contributed by atoms with Gasteiger partial charge in [0.2, 0.25) is 0 Å². The van der Waals surface area contributed by atoms with Crippen molar-refractivity contribution in [2.24, 2.45) is 10.8 Å². The van der Waals surface area contributed by atoms with Crippen LogP contribution in [0, 0.1) is 0 Å². The van der Waals surface area contributed by atoms with E-state index in [0.717, 1.165) is 5.69 Å². The zero-order valence-electron chi connectivity index (χ0n) is 9.96. The maximum Gasteiger partial charge on any atom is 0.170 e. The molecule has 2 aromatic rings. The number of nitrogens with two attached hydrogens (primary N) is 1. The summed E-state index contributed by atoms with van der Waals surface area (Å²) < 4.78 is 10.0. The van der Waals surface area contributed by atoms with Crippen molar-refractivity contribution in [3.05, 3.63) is 47.9 Å². The molecule has 0 atom stereocenters. The van der Waals surface area contributed by atoms with Crippen LogP contribution < -0.4 is 11.3 Å². The van der Waals surface area contributed by atoms with Gasteiger partial charge in [-0.1, -0.05) is 23.4 Å². The minimum atomic E-state index is 0.357. The number of ether oxygens (including phenoxy) is 1. The van der Waals surface area contributed by atoms with E-state index < -0.39 is 0 Å². The van der Waals surface area contributed by atoms with Crippen LogP contribution in [0.4, 0.5) is 5.69 Å². The van der Waals surface area contributed by atoms with Gasteiger partial charge in [-0.2, -0.15) is 0 Å². The number of hydrogen-bond acceptors (Lipinski definition) is 5. The van der Waals surface area contributed by atoms with Gasteiger partial charge in [0.15, 0.2) is 17.3 Å². The summed E-state index contributed by atoms with van der Waals surface area (Å²) in [6.45, 7) is 0.357. The van der Waals surface area contributed by atoms with E-state index >= 15 is 0 Å². The third-order valence-corrected chi connectivity index (χ3v) is 2.22. The molecular formula is C12H14N4O2. The number of nitrogens with zero attached hydrogens (tertiary/aromatic N) is 2. The Kier molecular flexibility index (Phi) is 4.06. The van der Waals surface area contributed by atoms with Crippen molar-refractivity contribution in [1.29, 1.82) is 0 Å². The molecule has 0 radical (unpaired) electrons. The Bertz CT molecular complexity index is 522. The molecule has 3 N–H and O–H groups in total. The van der Waals surface area contributed by atoms with Crippen molar-refractivity contribution in [1.82, 2.24) is 10.6 Å². The van der Waals surface area contributed by atoms with E-state index in [-0.39, 0.29) is 0 Å². The van der Waals surface area contributed by atoms with E-state index in [2.05, 4.69) is 15.6 Å². The molecule has 0 saturated heterocycles. The lowest BCUT2D eigenvalue weighted by Gasteiger charge is -2.00. The number of nitrogens with one attached hydrogen (secondary N) is 1. The van der Waals surface area contributed by atoms with Crippen LogP contribution in [0.25, 0.3) is 0 Å². The first-order valence-electron chi connectivity index (χ1n) is 5.38. The molecular weight excluding hydrogens is 232 g/mol. The van der Waals surface area contributed by atoms with Crippen molar-refractivity contribution in [3.63, 3.8) is 0 Å². The summed E-state index contributed by atoms with van der Waals surface area (Å²) in [5.41, 5.74) is 3.82. The summed E-state index contributed by atoms with van der Waals surface area (Å²) >= 11 is 0. The Hall–Kier alpha value is -2.18. The molecule has 1 aromatic carbocycles. The van der Waals surface area contributed by atoms with E-state index in [0.29, 0.717) is 23.9 Å². The average molecular weight is 246 g/mol. The van der Waals surface area contributed by atoms with Crippen LogP contribution >= 0.6 is 0 Å². The fraction of sp³-hybridized carbons (Fsp3) is 0.167. The monoisotopic (exact) mass is 246 g/mol. The molecule has 94 valence electrons. The summed E-state index contributed by atoms with van der Waals surface area (Å²) in [5, 5.41) is 3.87. The van der Waals surface area contributed by atoms with Crippen LogP contribution in [0.5, 0.6) is 0 Å². The molecule has 0 fully saturated rings. The van der Waals surface area contributed by atoms with Crippen LogP contribution in [-0.4, -0.2) is 18.1 Å². The van der Waals surface area contributed by atoms with Gasteiger partial charge in [-0.3, -0.25) is 0 Å². The number of hydrogen-bond donors (Lipinski definition) is 2. The normalized spacial score (nSPS) is 11.6. The van der Waals surface area contributed by atoms with E-state index in [1.54, 1.807) is 13.2 Å². The van der Waals surface area contributed by atoms with Gasteiger partial charge in [0.1, 0.15) is 6.61 Å². The second-order valence-electron chi connectivity index (χ2n) is 3.55. The molecule has 0 unspecified atom stereocenters. The third-order valence-electron chi connectivity index (χ3n) is 2.22. The van der Waals surface area contributed by atoms with Crippen LogP contribution in [0.1, 0.15) is 11.5 Å². The zero-order chi connectivity index (χ0) is 12.8. The van der Waals surface area contributed by atoms with Crippen molar-refractivity contribution < 1.29 is 9.26 Å². The summed E-state index contributed by atoms with van der Waals surface area (Å²) in [5.74, 6) is 6.49. The smallest absolute Gasteiger partial charge is 0.170 e. The Balaban J connectivity index is 2.24. The lowest BCUT2D eigenvalue weighted by atomic mass is 10.3. The molecule has 6 nitrogen and oxygen atoms in total. The SMILES string of the molecule is COCc1cc(C(=Nc2ccccc2)NN)no1. The van der Waals surface area contributed by atoms with E-state index in [1.807, 2.05) is 30.3 Å². The number of aliphatic imine (C=N–C) groups is 1. The first kappa shape index (κ1) is 12.3. The van der Waals surface area contributed by atoms with Crippen LogP contribution in [-0.2, 0) is 11.3 Å². The van der Waals surface area contributed by atoms with Gasteiger partial charge in [-0.25, -0.2) is 10.8 Å². The molecule has 0 amide bonds. The minimum absolute atomic E-state index is 0.357. The number of aromatic nitrogens is 1. The lowest BCUT2D eigenvalue weighted by molar-refractivity contribution is 0.156. The fourth-order valence-electron chi connectivity index (χ4n) is 1.43. The largest absolute Gasteiger partial charge is 0.377 e. The highest BCUT2D eigenvalue weighted by Crippen LogP contribution is 2.12. The van der Waals surface area contributed by atoms with E-state index in [1.165, 1.54) is 0 Å². The summed E-state index contributed by atoms with van der Waals surface area (Å²) in [6.07, 6.45) is 0. The first-order valence-corrected chi connectivity index (χ1v) is 5.38. The predicted molar refractivity (Wildman–Crippen MR) is 67.2 cm³/mol. The Labute approximate surface area is 104 Å². The maximum atomic E-state index is 5.44. The highest BCUT2D eigenvalue weighted by molar-refractivity contribution is 5.98. The van der Waals surface area contributed by atoms with Gasteiger partial charge in [0.05, 0.1) is 5.69 Å². The van der Waals surface area contributed by atoms with Crippen molar-refractivity contribution in [2.45, 2.75) is 6.61 Å². The predicted octanol–water partition coefficient (Wildman–Crippen LogP) is 1.36. The Morgan fingerprint density at radius 3 is 2.89 bits per heavy atom. The molecule has 1 heterocycles. The van der Waals surface area contributed by atoms with Crippen molar-refractivity contribution in [3.8, 4) is 0 Å². The maximum absolute atomic E-state index is 5.44. The van der Waals surface area contributed by atoms with Gasteiger partial charge in [-0.15, -0.1) is 0 Å². The Morgan fingerprint density at radius 1 is 1.44 bits per heavy atom. The van der Waals surface area contributed by atoms with Gasteiger partial charge >= 0.3 is 0 Å². The van der Waals surface area contributed by atoms with Gasteiger partial charge < -0.3 is 14.7 Å². The van der Waals surface area contributed by atoms with Crippen LogP contribution in [0.15, 0.2) is 45.9 Å². The second kappa shape index (κ2) is 5.95. The molecule has 0 spiro atoms. The van der Waals surface area contributed by atoms with Gasteiger partial charge in [0, 0.05) is 13.2 Å². The van der Waals surface area contributed by atoms with Gasteiger partial charge in [0.25, 0.3) is 0 Å². The highest BCUT2D eigenvalue weighted by atomic mass is 16.5. The molecule has 0 saturated carbocycles. The van der Waals surface area contributed by atoms with Crippen LogP contribution in [0.2, 0.25) is 0 Å². The molecule has 0 aliphatic rings. The molecule has 0 aliphatic heterocycles. The zero-order valence-corrected chi connectivity index (χ0v) is 9.96. The number of para-hydroxylation sites is 1. The number of methoxy groups -OCH3 is 1. The quantitative estimate of drug-likeness (QED) is 0.368. The highest BCUT2D eigenvalue weighted by Gasteiger charge is 2.09. The van der Waals surface area contributed by atoms with Gasteiger partial charge in [-0.05, 0) is 12.1 Å². The molecule has 6 heteroatoms. The summed E-state index contributed by atoms with van der Waals surface area (Å²) in [6, 6.07) is 11.2. The lowest BCUT2D eigenvalue weighted by Crippen LogP contribution is -2.31. The second-order valence-corrected chi connectivity index (χ2v) is 3.55. The van der Waals surface area contributed by atoms with E-state index in [4.69, 9.17) is 15.1 Å². The van der Waals surface area contributed by atoms with Crippen LogP contribution in [0.3, 0.4) is 0 Å². The minimum Gasteiger partial charge on any atom is -0.377 e. The molecule has 0 bridgehead atoms. The molecule has 0 aliphatic carbocycles. The van der Waals surface area contributed by atoms with Crippen molar-refractivity contribution in [2.75, 3.05) is 7.11 Å². The first-order chi connectivity index (χ1) is 8.83. The third kappa shape index (κ3) is 2.93. The average Bonchev–Trinajstić information content (AvgIpc) is 2.86.